The summed E-state index contributed by atoms with van der Waals surface area (Å²) in [4.78, 5) is 30.7. The minimum Gasteiger partial charge on any atom is -0.492 e. The van der Waals surface area contributed by atoms with E-state index in [0.717, 1.165) is 11.3 Å². The molecule has 1 aliphatic rings. The van der Waals surface area contributed by atoms with Crippen molar-refractivity contribution < 1.29 is 19.1 Å². The second-order valence-electron chi connectivity index (χ2n) is 7.28. The molecule has 1 unspecified atom stereocenters. The van der Waals surface area contributed by atoms with Crippen LogP contribution in [0.3, 0.4) is 0 Å². The van der Waals surface area contributed by atoms with Crippen molar-refractivity contribution >= 4 is 23.2 Å². The SMILES string of the molecule is Cc1ccc(OCCN2C(=O)C(C)Oc3cc(NC(=O)c4ccncc4)ccc32)cc1. The predicted molar refractivity (Wildman–Crippen MR) is 118 cm³/mol. The molecule has 1 aliphatic heterocycles. The molecule has 7 heteroatoms. The number of nitrogens with one attached hydrogen (secondary N) is 1. The first-order valence-corrected chi connectivity index (χ1v) is 10.0. The lowest BCUT2D eigenvalue weighted by molar-refractivity contribution is -0.125. The van der Waals surface area contributed by atoms with Crippen molar-refractivity contribution in [1.82, 2.24) is 4.98 Å². The molecule has 7 nitrogen and oxygen atoms in total. The van der Waals surface area contributed by atoms with Crippen molar-refractivity contribution in [2.24, 2.45) is 0 Å². The molecule has 0 saturated heterocycles. The summed E-state index contributed by atoms with van der Waals surface area (Å²) < 4.78 is 11.6. The van der Waals surface area contributed by atoms with Crippen LogP contribution in [0.25, 0.3) is 0 Å². The summed E-state index contributed by atoms with van der Waals surface area (Å²) >= 11 is 0. The van der Waals surface area contributed by atoms with Gasteiger partial charge in [0, 0.05) is 29.7 Å². The Hall–Kier alpha value is -3.87. The van der Waals surface area contributed by atoms with E-state index in [9.17, 15) is 9.59 Å². The third-order valence-corrected chi connectivity index (χ3v) is 4.97. The second-order valence-corrected chi connectivity index (χ2v) is 7.28. The molecule has 0 radical (unpaired) electrons. The molecule has 0 aliphatic carbocycles. The molecule has 0 spiro atoms. The van der Waals surface area contributed by atoms with Gasteiger partial charge in [0.25, 0.3) is 11.8 Å². The number of ether oxygens (including phenoxy) is 2. The van der Waals surface area contributed by atoms with Crippen LogP contribution in [0.4, 0.5) is 11.4 Å². The van der Waals surface area contributed by atoms with Gasteiger partial charge in [-0.15, -0.1) is 0 Å². The summed E-state index contributed by atoms with van der Waals surface area (Å²) in [6.07, 6.45) is 2.50. The molecule has 2 amide bonds. The zero-order valence-electron chi connectivity index (χ0n) is 17.4. The Bertz CT molecular complexity index is 1080. The monoisotopic (exact) mass is 417 g/mol. The predicted octanol–water partition coefficient (Wildman–Crippen LogP) is 3.84. The van der Waals surface area contributed by atoms with Gasteiger partial charge in [-0.3, -0.25) is 14.6 Å². The first-order chi connectivity index (χ1) is 15.0. The summed E-state index contributed by atoms with van der Waals surface area (Å²) in [5.74, 6) is 0.919. The number of pyridine rings is 1. The summed E-state index contributed by atoms with van der Waals surface area (Å²) in [6.45, 7) is 4.46. The fraction of sp³-hybridized carbons (Fsp3) is 0.208. The largest absolute Gasteiger partial charge is 0.492 e. The van der Waals surface area contributed by atoms with Crippen molar-refractivity contribution in [1.29, 1.82) is 0 Å². The Morgan fingerprint density at radius 1 is 1.13 bits per heavy atom. The fourth-order valence-electron chi connectivity index (χ4n) is 3.31. The molecule has 4 rings (SSSR count). The molecule has 0 bridgehead atoms. The van der Waals surface area contributed by atoms with Gasteiger partial charge in [0.1, 0.15) is 18.1 Å². The number of rotatable bonds is 6. The van der Waals surface area contributed by atoms with Crippen LogP contribution in [0.2, 0.25) is 0 Å². The van der Waals surface area contributed by atoms with Crippen molar-refractivity contribution in [3.05, 3.63) is 78.1 Å². The van der Waals surface area contributed by atoms with E-state index >= 15 is 0 Å². The molecule has 2 heterocycles. The van der Waals surface area contributed by atoms with Crippen LogP contribution in [0.1, 0.15) is 22.8 Å². The minimum atomic E-state index is -0.627. The van der Waals surface area contributed by atoms with E-state index in [0.29, 0.717) is 35.8 Å². The average Bonchev–Trinajstić information content (AvgIpc) is 2.78. The van der Waals surface area contributed by atoms with Crippen LogP contribution >= 0.6 is 0 Å². The number of aromatic nitrogens is 1. The maximum Gasteiger partial charge on any atom is 0.267 e. The van der Waals surface area contributed by atoms with E-state index in [4.69, 9.17) is 9.47 Å². The number of hydrogen-bond acceptors (Lipinski definition) is 5. The number of carbonyl (C=O) groups excluding carboxylic acids is 2. The number of hydrogen-bond donors (Lipinski definition) is 1. The summed E-state index contributed by atoms with van der Waals surface area (Å²) in [7, 11) is 0. The molecular formula is C24H23N3O4. The number of aryl methyl sites for hydroxylation is 1. The van der Waals surface area contributed by atoms with Gasteiger partial charge >= 0.3 is 0 Å². The molecule has 2 aromatic carbocycles. The van der Waals surface area contributed by atoms with Crippen molar-refractivity contribution in [2.75, 3.05) is 23.4 Å². The van der Waals surface area contributed by atoms with E-state index in [1.54, 1.807) is 54.5 Å². The molecule has 1 atom stereocenters. The van der Waals surface area contributed by atoms with Gasteiger partial charge in [-0.2, -0.15) is 0 Å². The van der Waals surface area contributed by atoms with Crippen LogP contribution in [0.5, 0.6) is 11.5 Å². The van der Waals surface area contributed by atoms with Gasteiger partial charge in [0.2, 0.25) is 0 Å². The van der Waals surface area contributed by atoms with Crippen molar-refractivity contribution in [3.8, 4) is 11.5 Å². The fourth-order valence-corrected chi connectivity index (χ4v) is 3.31. The highest BCUT2D eigenvalue weighted by Gasteiger charge is 2.31. The van der Waals surface area contributed by atoms with Gasteiger partial charge in [-0.1, -0.05) is 17.7 Å². The Morgan fingerprint density at radius 3 is 2.61 bits per heavy atom. The molecule has 1 aromatic heterocycles. The standard InChI is InChI=1S/C24H23N3O4/c1-16-3-6-20(7-4-16)30-14-13-27-21-8-5-19(15-22(21)31-17(2)24(27)29)26-23(28)18-9-11-25-12-10-18/h3-12,15,17H,13-14H2,1-2H3,(H,26,28). The Balaban J connectivity index is 1.47. The maximum atomic E-state index is 12.7. The number of benzene rings is 2. The van der Waals surface area contributed by atoms with E-state index < -0.39 is 6.10 Å². The number of amides is 2. The lowest BCUT2D eigenvalue weighted by Gasteiger charge is -2.33. The minimum absolute atomic E-state index is 0.131. The smallest absolute Gasteiger partial charge is 0.267 e. The quantitative estimate of drug-likeness (QED) is 0.659. The Labute approximate surface area is 180 Å². The first kappa shape index (κ1) is 20.4. The van der Waals surface area contributed by atoms with Gasteiger partial charge in [0.05, 0.1) is 12.2 Å². The van der Waals surface area contributed by atoms with Crippen LogP contribution < -0.4 is 19.7 Å². The van der Waals surface area contributed by atoms with Gasteiger partial charge in [-0.05, 0) is 50.2 Å². The second kappa shape index (κ2) is 8.87. The van der Waals surface area contributed by atoms with Crippen molar-refractivity contribution in [3.63, 3.8) is 0 Å². The molecule has 3 aromatic rings. The summed E-state index contributed by atoms with van der Waals surface area (Å²) in [5.41, 5.74) is 2.90. The van der Waals surface area contributed by atoms with E-state index in [1.165, 1.54) is 0 Å². The number of nitrogens with zero attached hydrogens (tertiary/aromatic N) is 2. The molecular weight excluding hydrogens is 394 g/mol. The van der Waals surface area contributed by atoms with E-state index in [1.807, 2.05) is 31.2 Å². The van der Waals surface area contributed by atoms with Gasteiger partial charge in [0.15, 0.2) is 6.10 Å². The topological polar surface area (TPSA) is 80.8 Å². The van der Waals surface area contributed by atoms with Crippen LogP contribution in [-0.2, 0) is 4.79 Å². The number of carbonyl (C=O) groups is 2. The number of fused-ring (bicyclic) bond motifs is 1. The zero-order valence-corrected chi connectivity index (χ0v) is 17.4. The van der Waals surface area contributed by atoms with Crippen molar-refractivity contribution in [2.45, 2.75) is 20.0 Å². The normalized spacial score (nSPS) is 15.1. The molecule has 0 saturated carbocycles. The molecule has 31 heavy (non-hydrogen) atoms. The van der Waals surface area contributed by atoms with E-state index in [2.05, 4.69) is 10.3 Å². The lowest BCUT2D eigenvalue weighted by Crippen LogP contribution is -2.46. The maximum absolute atomic E-state index is 12.7. The van der Waals surface area contributed by atoms with Crippen LogP contribution in [0.15, 0.2) is 67.0 Å². The molecule has 1 N–H and O–H groups in total. The van der Waals surface area contributed by atoms with Gasteiger partial charge in [-0.25, -0.2) is 0 Å². The summed E-state index contributed by atoms with van der Waals surface area (Å²) in [5, 5.41) is 2.84. The van der Waals surface area contributed by atoms with E-state index in [-0.39, 0.29) is 11.8 Å². The highest BCUT2D eigenvalue weighted by molar-refractivity contribution is 6.05. The zero-order chi connectivity index (χ0) is 21.8. The molecule has 158 valence electrons. The third-order valence-electron chi connectivity index (χ3n) is 4.97. The molecule has 0 fully saturated rings. The third kappa shape index (κ3) is 4.66. The summed E-state index contributed by atoms with van der Waals surface area (Å²) in [6, 6.07) is 16.3. The van der Waals surface area contributed by atoms with Crippen LogP contribution in [0, 0.1) is 6.92 Å². The Kier molecular flexibility index (Phi) is 5.84. The van der Waals surface area contributed by atoms with Crippen LogP contribution in [-0.4, -0.2) is 36.1 Å². The average molecular weight is 417 g/mol. The highest BCUT2D eigenvalue weighted by atomic mass is 16.5. The first-order valence-electron chi connectivity index (χ1n) is 10.0. The number of anilines is 2. The lowest BCUT2D eigenvalue weighted by atomic mass is 10.1. The van der Waals surface area contributed by atoms with Gasteiger partial charge < -0.3 is 19.7 Å². The highest BCUT2D eigenvalue weighted by Crippen LogP contribution is 2.36. The Morgan fingerprint density at radius 2 is 1.87 bits per heavy atom.